The van der Waals surface area contributed by atoms with Crippen LogP contribution in [0.5, 0.6) is 11.5 Å². The summed E-state index contributed by atoms with van der Waals surface area (Å²) in [6.45, 7) is 0. The van der Waals surface area contributed by atoms with Gasteiger partial charge in [0.15, 0.2) is 5.54 Å². The molecule has 0 spiro atoms. The highest BCUT2D eigenvalue weighted by molar-refractivity contribution is 6.20. The van der Waals surface area contributed by atoms with Crippen LogP contribution in [0.25, 0.3) is 0 Å². The Morgan fingerprint density at radius 2 is 1.35 bits per heavy atom. The Bertz CT molecular complexity index is 594. The molecule has 0 fully saturated rings. The van der Waals surface area contributed by atoms with Crippen LogP contribution >= 0.6 is 0 Å². The van der Waals surface area contributed by atoms with E-state index in [9.17, 15) is 0 Å². The van der Waals surface area contributed by atoms with Gasteiger partial charge in [-0.15, -0.1) is 0 Å². The van der Waals surface area contributed by atoms with Crippen molar-refractivity contribution >= 4 is 16.3 Å². The molecule has 0 saturated heterocycles. The SMILES string of the molecule is [AlH][C](Oc1ccccc1)=C(C=C[ClH+])Oc1ccccc1. The number of allylic oxidation sites excluding steroid dienone is 1. The topological polar surface area (TPSA) is 18.5 Å². The van der Waals surface area contributed by atoms with Gasteiger partial charge < -0.3 is 9.47 Å². The second kappa shape index (κ2) is 7.82. The Hall–Kier alpha value is -1.66. The maximum absolute atomic E-state index is 5.80. The summed E-state index contributed by atoms with van der Waals surface area (Å²) in [5, 5.41) is 0. The lowest BCUT2D eigenvalue weighted by Crippen LogP contribution is -2.04. The van der Waals surface area contributed by atoms with Crippen molar-refractivity contribution in [2.24, 2.45) is 0 Å². The van der Waals surface area contributed by atoms with Gasteiger partial charge in [-0.05, 0) is 24.3 Å². The molecule has 0 saturated carbocycles. The minimum Gasteiger partial charge on any atom is -0.479 e. The fourth-order valence-corrected chi connectivity index (χ4v) is 2.02. The molecule has 2 rings (SSSR count). The Morgan fingerprint density at radius 3 is 1.85 bits per heavy atom. The van der Waals surface area contributed by atoms with Crippen molar-refractivity contribution in [1.82, 2.24) is 0 Å². The quantitative estimate of drug-likeness (QED) is 0.480. The molecule has 1 radical (unpaired) electrons. The van der Waals surface area contributed by atoms with Gasteiger partial charge in [-0.3, -0.25) is 0 Å². The van der Waals surface area contributed by atoms with Crippen molar-refractivity contribution in [3.8, 4) is 11.5 Å². The maximum atomic E-state index is 5.80. The summed E-state index contributed by atoms with van der Waals surface area (Å²) >= 11 is 6.50. The molecular formula is C16H14AlClO2+. The molecule has 2 aromatic carbocycles. The van der Waals surface area contributed by atoms with Gasteiger partial charge in [0.05, 0.1) is 0 Å². The Morgan fingerprint density at radius 1 is 0.850 bits per heavy atom. The average Bonchev–Trinajstić information content (AvgIpc) is 2.49. The van der Waals surface area contributed by atoms with Gasteiger partial charge in [-0.1, -0.05) is 36.4 Å². The molecule has 4 heteroatoms. The number of rotatable bonds is 5. The maximum Gasteiger partial charge on any atom is 0.292 e. The fraction of sp³-hybridized carbons (Fsp3) is 0. The van der Waals surface area contributed by atoms with E-state index in [0.717, 1.165) is 11.5 Å². The number of hydrogen-bond donors (Lipinski definition) is 0. The Balaban J connectivity index is 2.20. The molecule has 20 heavy (non-hydrogen) atoms. The van der Waals surface area contributed by atoms with Crippen molar-refractivity contribution in [3.63, 3.8) is 0 Å². The standard InChI is InChI=1S/C16H13ClO2.Al.H/c17-12-11-16(19-15-9-5-2-6-10-15)13-18-14-7-3-1-4-8-14;;/h1-12,17H;;/q+1;;. The first kappa shape index (κ1) is 14.7. The molecule has 0 aliphatic carbocycles. The van der Waals surface area contributed by atoms with Crippen molar-refractivity contribution in [2.75, 3.05) is 0 Å². The van der Waals surface area contributed by atoms with Crippen molar-refractivity contribution in [3.05, 3.63) is 82.7 Å². The van der Waals surface area contributed by atoms with Gasteiger partial charge in [0.25, 0.3) is 16.3 Å². The zero-order valence-electron chi connectivity index (χ0n) is 10.9. The zero-order valence-corrected chi connectivity index (χ0v) is 13.1. The van der Waals surface area contributed by atoms with Crippen molar-refractivity contribution < 1.29 is 21.1 Å². The minimum absolute atomic E-state index is 0.605. The molecule has 0 atom stereocenters. The Kier molecular flexibility index (Phi) is 5.76. The van der Waals surface area contributed by atoms with Crippen LogP contribution in [0.4, 0.5) is 0 Å². The summed E-state index contributed by atoms with van der Waals surface area (Å²) in [5.41, 5.74) is 1.51. The smallest absolute Gasteiger partial charge is 0.292 e. The van der Waals surface area contributed by atoms with Crippen LogP contribution in [0.3, 0.4) is 0 Å². The number of halogens is 1. The summed E-state index contributed by atoms with van der Waals surface area (Å²) in [4.78, 5) is 0. The summed E-state index contributed by atoms with van der Waals surface area (Å²) in [6, 6.07) is 19.1. The molecule has 0 aliphatic heterocycles. The lowest BCUT2D eigenvalue weighted by atomic mass is 10.3. The van der Waals surface area contributed by atoms with Gasteiger partial charge in [-0.25, -0.2) is 0 Å². The molecular weight excluding hydrogens is 287 g/mol. The highest BCUT2D eigenvalue weighted by Gasteiger charge is 2.05. The van der Waals surface area contributed by atoms with Gasteiger partial charge in [0.1, 0.15) is 28.9 Å². The first-order valence-corrected chi connectivity index (χ1v) is 7.28. The van der Waals surface area contributed by atoms with Crippen molar-refractivity contribution in [2.45, 2.75) is 0 Å². The largest absolute Gasteiger partial charge is 0.479 e. The van der Waals surface area contributed by atoms with Crippen LogP contribution in [-0.2, 0) is 0 Å². The fourth-order valence-electron chi connectivity index (χ4n) is 1.54. The third kappa shape index (κ3) is 4.47. The summed E-state index contributed by atoms with van der Waals surface area (Å²) in [6.07, 6.45) is 1.72. The van der Waals surface area contributed by atoms with Gasteiger partial charge in [0.2, 0.25) is 0 Å². The van der Waals surface area contributed by atoms with E-state index in [1.54, 1.807) is 22.4 Å². The molecule has 0 heterocycles. The lowest BCUT2D eigenvalue weighted by molar-refractivity contribution is -0.275. The van der Waals surface area contributed by atoms with Crippen LogP contribution in [-0.4, -0.2) is 16.3 Å². The minimum atomic E-state index is 0.605. The van der Waals surface area contributed by atoms with E-state index in [0.29, 0.717) is 10.4 Å². The molecule has 0 aliphatic rings. The second-order valence-corrected chi connectivity index (χ2v) is 4.83. The third-order valence-electron chi connectivity index (χ3n) is 2.45. The van der Waals surface area contributed by atoms with E-state index in [2.05, 4.69) is 0 Å². The number of ether oxygens (including phenoxy) is 2. The molecule has 0 aromatic heterocycles. The highest BCUT2D eigenvalue weighted by Crippen LogP contribution is 2.18. The number of hydrogen-bond acceptors (Lipinski definition) is 2. The van der Waals surface area contributed by atoms with E-state index in [4.69, 9.17) is 21.1 Å². The zero-order chi connectivity index (χ0) is 14.2. The monoisotopic (exact) mass is 300 g/mol. The number of benzene rings is 2. The van der Waals surface area contributed by atoms with Crippen LogP contribution in [0.15, 0.2) is 82.7 Å². The summed E-state index contributed by atoms with van der Waals surface area (Å²) in [7, 11) is 0. The molecule has 0 amide bonds. The molecule has 2 nitrogen and oxygen atoms in total. The summed E-state index contributed by atoms with van der Waals surface area (Å²) < 4.78 is 12.2. The van der Waals surface area contributed by atoms with Crippen LogP contribution in [0, 0.1) is 11.6 Å². The second-order valence-electron chi connectivity index (χ2n) is 3.92. The first-order valence-electron chi connectivity index (χ1n) is 6.10. The molecule has 2 aromatic rings. The van der Waals surface area contributed by atoms with Crippen molar-refractivity contribution in [1.29, 1.82) is 0 Å². The normalized spacial score (nSPS) is 12.1. The van der Waals surface area contributed by atoms with Gasteiger partial charge >= 0.3 is 0 Å². The Labute approximate surface area is 131 Å². The molecule has 0 N–H and O–H groups in total. The molecule has 0 bridgehead atoms. The van der Waals surface area contributed by atoms with Gasteiger partial charge in [0, 0.05) is 10.7 Å². The molecule has 0 unspecified atom stereocenters. The van der Waals surface area contributed by atoms with E-state index in [1.165, 1.54) is 5.54 Å². The highest BCUT2D eigenvalue weighted by atomic mass is 35.5. The van der Waals surface area contributed by atoms with Crippen LogP contribution in [0.1, 0.15) is 0 Å². The van der Waals surface area contributed by atoms with Gasteiger partial charge in [-0.2, -0.15) is 0 Å². The number of para-hydroxylation sites is 2. The van der Waals surface area contributed by atoms with E-state index >= 15 is 0 Å². The predicted octanol–water partition coefficient (Wildman–Crippen LogP) is 3.01. The van der Waals surface area contributed by atoms with E-state index in [-0.39, 0.29) is 0 Å². The predicted molar refractivity (Wildman–Crippen MR) is 78.9 cm³/mol. The van der Waals surface area contributed by atoms with Crippen LogP contribution < -0.4 is 9.47 Å². The third-order valence-corrected chi connectivity index (χ3v) is 3.08. The van der Waals surface area contributed by atoms with E-state index in [1.807, 2.05) is 60.7 Å². The van der Waals surface area contributed by atoms with Crippen LogP contribution in [0.2, 0.25) is 0 Å². The van der Waals surface area contributed by atoms with E-state index < -0.39 is 0 Å². The molecule has 99 valence electrons. The first-order chi connectivity index (χ1) is 9.79. The lowest BCUT2D eigenvalue weighted by Gasteiger charge is -2.12. The average molecular weight is 301 g/mol. The summed E-state index contributed by atoms with van der Waals surface area (Å²) in [5.74, 6) is 2.12.